The number of methoxy groups -OCH3 is 1. The number of aryl methyl sites for hydroxylation is 1. The predicted octanol–water partition coefficient (Wildman–Crippen LogP) is -0.0690. The quantitative estimate of drug-likeness (QED) is 0.744. The molecule has 0 bridgehead atoms. The Morgan fingerprint density at radius 2 is 2.04 bits per heavy atom. The van der Waals surface area contributed by atoms with E-state index >= 15 is 0 Å². The summed E-state index contributed by atoms with van der Waals surface area (Å²) in [6.07, 6.45) is 4.15. The van der Waals surface area contributed by atoms with Gasteiger partial charge in [0, 0.05) is 18.1 Å². The van der Waals surface area contributed by atoms with Crippen LogP contribution in [0.3, 0.4) is 0 Å². The molecule has 2 saturated heterocycles. The number of nitrogens with one attached hydrogen (secondary N) is 1. The van der Waals surface area contributed by atoms with Gasteiger partial charge in [0.1, 0.15) is 17.5 Å². The van der Waals surface area contributed by atoms with Crippen LogP contribution < -0.4 is 9.64 Å². The van der Waals surface area contributed by atoms with Crippen LogP contribution in [0.4, 0.5) is 0 Å². The lowest BCUT2D eigenvalue weighted by Gasteiger charge is -2.34. The van der Waals surface area contributed by atoms with Crippen molar-refractivity contribution >= 4 is 21.8 Å². The highest BCUT2D eigenvalue weighted by Crippen LogP contribution is 2.21. The summed E-state index contributed by atoms with van der Waals surface area (Å²) in [5, 5.41) is 0. The summed E-state index contributed by atoms with van der Waals surface area (Å²) < 4.78 is 28.6. The molecule has 1 aromatic carbocycles. The number of nitrogens with zero attached hydrogens (tertiary/aromatic N) is 1. The third kappa shape index (κ3) is 4.45. The molecule has 2 heterocycles. The van der Waals surface area contributed by atoms with Gasteiger partial charge < -0.3 is 14.5 Å². The Labute approximate surface area is 155 Å². The number of carbonyl (C=O) groups is 1. The van der Waals surface area contributed by atoms with Gasteiger partial charge in [0.2, 0.25) is 5.91 Å². The summed E-state index contributed by atoms with van der Waals surface area (Å²) >= 11 is 0. The minimum Gasteiger partial charge on any atom is -0.496 e. The van der Waals surface area contributed by atoms with E-state index in [4.69, 9.17) is 4.74 Å². The average Bonchev–Trinajstić information content (AvgIpc) is 3.00. The van der Waals surface area contributed by atoms with Gasteiger partial charge in [0.25, 0.3) is 0 Å². The van der Waals surface area contributed by atoms with E-state index in [1.807, 2.05) is 30.0 Å². The van der Waals surface area contributed by atoms with Gasteiger partial charge in [-0.2, -0.15) is 0 Å². The van der Waals surface area contributed by atoms with Crippen molar-refractivity contribution < 1.29 is 22.8 Å². The molecular formula is C19H27N2O4S+. The molecule has 7 heteroatoms. The third-order valence-corrected chi connectivity index (χ3v) is 7.09. The number of piperazine rings is 1. The van der Waals surface area contributed by atoms with Crippen molar-refractivity contribution in [3.8, 4) is 5.75 Å². The summed E-state index contributed by atoms with van der Waals surface area (Å²) in [7, 11) is -1.23. The number of benzene rings is 1. The lowest BCUT2D eigenvalue weighted by atomic mass is 10.1. The maximum absolute atomic E-state index is 12.5. The minimum absolute atomic E-state index is 0.00773. The van der Waals surface area contributed by atoms with E-state index in [-0.39, 0.29) is 11.9 Å². The van der Waals surface area contributed by atoms with E-state index < -0.39 is 9.84 Å². The number of carbonyl (C=O) groups excluding carboxylic acids is 1. The Kier molecular flexibility index (Phi) is 5.67. The summed E-state index contributed by atoms with van der Waals surface area (Å²) in [6, 6.07) is 6.07. The molecule has 2 aliphatic heterocycles. The molecule has 0 aromatic heterocycles. The topological polar surface area (TPSA) is 68.1 Å². The normalized spacial score (nSPS) is 23.5. The molecule has 1 aromatic rings. The molecule has 142 valence electrons. The Morgan fingerprint density at radius 3 is 2.65 bits per heavy atom. The van der Waals surface area contributed by atoms with E-state index in [1.54, 1.807) is 19.3 Å². The Balaban J connectivity index is 1.56. The van der Waals surface area contributed by atoms with Gasteiger partial charge in [-0.05, 0) is 25.1 Å². The largest absolute Gasteiger partial charge is 0.496 e. The standard InChI is InChI=1S/C19H26N2O4S/c1-15-3-5-18(25-2)16(13-15)4-6-19(22)21-10-8-20(9-11-21)17-7-12-26(23,24)14-17/h3-6,13,17H,7-12,14H2,1-2H3/p+1/b6-4+/t17-/m1/s1. The number of hydrogen-bond acceptors (Lipinski definition) is 4. The highest BCUT2D eigenvalue weighted by molar-refractivity contribution is 7.91. The van der Waals surface area contributed by atoms with Crippen molar-refractivity contribution in [3.05, 3.63) is 35.4 Å². The van der Waals surface area contributed by atoms with Crippen molar-refractivity contribution in [1.29, 1.82) is 0 Å². The van der Waals surface area contributed by atoms with Crippen LogP contribution in [-0.4, -0.2) is 70.1 Å². The van der Waals surface area contributed by atoms with Gasteiger partial charge in [-0.25, -0.2) is 8.42 Å². The van der Waals surface area contributed by atoms with E-state index in [9.17, 15) is 13.2 Å². The van der Waals surface area contributed by atoms with Crippen LogP contribution in [0.15, 0.2) is 24.3 Å². The highest BCUT2D eigenvalue weighted by Gasteiger charge is 2.37. The summed E-state index contributed by atoms with van der Waals surface area (Å²) in [6.45, 7) is 4.96. The van der Waals surface area contributed by atoms with Crippen molar-refractivity contribution in [3.63, 3.8) is 0 Å². The molecule has 0 aliphatic carbocycles. The second kappa shape index (κ2) is 7.80. The molecule has 2 fully saturated rings. The predicted molar refractivity (Wildman–Crippen MR) is 101 cm³/mol. The fraction of sp³-hybridized carbons (Fsp3) is 0.526. The first-order chi connectivity index (χ1) is 12.4. The SMILES string of the molecule is COc1ccc(C)cc1/C=C/C(=O)N1CC[NH+]([C@@H]2CCS(=O)(=O)C2)CC1. The molecule has 1 N–H and O–H groups in total. The summed E-state index contributed by atoms with van der Waals surface area (Å²) in [4.78, 5) is 15.6. The van der Waals surface area contributed by atoms with Gasteiger partial charge in [-0.1, -0.05) is 11.6 Å². The first-order valence-corrected chi connectivity index (χ1v) is 10.9. The lowest BCUT2D eigenvalue weighted by Crippen LogP contribution is -3.18. The van der Waals surface area contributed by atoms with Gasteiger partial charge in [-0.3, -0.25) is 4.79 Å². The molecule has 0 radical (unpaired) electrons. The first-order valence-electron chi connectivity index (χ1n) is 9.04. The zero-order chi connectivity index (χ0) is 18.7. The molecule has 2 aliphatic rings. The van der Waals surface area contributed by atoms with Crippen LogP contribution in [0.5, 0.6) is 5.75 Å². The molecule has 3 rings (SSSR count). The summed E-state index contributed by atoms with van der Waals surface area (Å²) in [5.74, 6) is 1.34. The number of hydrogen-bond donors (Lipinski definition) is 1. The molecule has 6 nitrogen and oxygen atoms in total. The zero-order valence-corrected chi connectivity index (χ0v) is 16.2. The fourth-order valence-corrected chi connectivity index (χ4v) is 5.62. The van der Waals surface area contributed by atoms with Crippen molar-refractivity contribution in [2.45, 2.75) is 19.4 Å². The Bertz CT molecular complexity index is 796. The fourth-order valence-electron chi connectivity index (χ4n) is 3.79. The van der Waals surface area contributed by atoms with Crippen LogP contribution in [0.1, 0.15) is 17.5 Å². The van der Waals surface area contributed by atoms with Crippen molar-refractivity contribution in [1.82, 2.24) is 4.90 Å². The van der Waals surface area contributed by atoms with Crippen LogP contribution >= 0.6 is 0 Å². The van der Waals surface area contributed by atoms with Crippen molar-refractivity contribution in [2.24, 2.45) is 0 Å². The van der Waals surface area contributed by atoms with Gasteiger partial charge in [0.05, 0.1) is 39.0 Å². The van der Waals surface area contributed by atoms with Crippen LogP contribution in [0.25, 0.3) is 6.08 Å². The van der Waals surface area contributed by atoms with Gasteiger partial charge in [-0.15, -0.1) is 0 Å². The Hall–Kier alpha value is -1.86. The van der Waals surface area contributed by atoms with Crippen molar-refractivity contribution in [2.75, 3.05) is 44.8 Å². The average molecular weight is 380 g/mol. The lowest BCUT2D eigenvalue weighted by molar-refractivity contribution is -0.925. The molecule has 0 saturated carbocycles. The first kappa shape index (κ1) is 18.9. The zero-order valence-electron chi connectivity index (χ0n) is 15.4. The molecule has 1 amide bonds. The molecule has 26 heavy (non-hydrogen) atoms. The number of amides is 1. The monoisotopic (exact) mass is 379 g/mol. The van der Waals surface area contributed by atoms with E-state index in [0.29, 0.717) is 24.6 Å². The molecule has 1 atom stereocenters. The highest BCUT2D eigenvalue weighted by atomic mass is 32.2. The second-order valence-corrected chi connectivity index (χ2v) is 9.39. The molecule has 0 unspecified atom stereocenters. The smallest absolute Gasteiger partial charge is 0.246 e. The molecular weight excluding hydrogens is 352 g/mol. The second-order valence-electron chi connectivity index (χ2n) is 7.16. The van der Waals surface area contributed by atoms with Crippen LogP contribution in [0.2, 0.25) is 0 Å². The number of rotatable bonds is 4. The maximum Gasteiger partial charge on any atom is 0.246 e. The summed E-state index contributed by atoms with van der Waals surface area (Å²) in [5.41, 5.74) is 2.00. The van der Waals surface area contributed by atoms with Crippen LogP contribution in [-0.2, 0) is 14.6 Å². The number of sulfone groups is 1. The Morgan fingerprint density at radius 1 is 1.31 bits per heavy atom. The van der Waals surface area contributed by atoms with Gasteiger partial charge >= 0.3 is 0 Å². The minimum atomic E-state index is -2.85. The van der Waals surface area contributed by atoms with E-state index in [2.05, 4.69) is 0 Å². The number of quaternary nitrogens is 1. The maximum atomic E-state index is 12.5. The van der Waals surface area contributed by atoms with E-state index in [0.717, 1.165) is 36.4 Å². The van der Waals surface area contributed by atoms with E-state index in [1.165, 1.54) is 4.90 Å². The van der Waals surface area contributed by atoms with Crippen LogP contribution in [0, 0.1) is 6.92 Å². The number of ether oxygens (including phenoxy) is 1. The molecule has 0 spiro atoms. The van der Waals surface area contributed by atoms with Gasteiger partial charge in [0.15, 0.2) is 9.84 Å². The third-order valence-electron chi connectivity index (χ3n) is 5.32.